The molecule has 84 valence electrons. The summed E-state index contributed by atoms with van der Waals surface area (Å²) in [6.07, 6.45) is 4.99. The molecule has 1 aliphatic carbocycles. The molecule has 3 nitrogen and oxygen atoms in total. The van der Waals surface area contributed by atoms with E-state index in [9.17, 15) is 5.11 Å². The summed E-state index contributed by atoms with van der Waals surface area (Å²) in [7, 11) is 1.64. The van der Waals surface area contributed by atoms with Gasteiger partial charge in [0.25, 0.3) is 0 Å². The highest BCUT2D eigenvalue weighted by Gasteiger charge is 2.10. The van der Waals surface area contributed by atoms with Crippen LogP contribution in [0.1, 0.15) is 12.8 Å². The van der Waals surface area contributed by atoms with Gasteiger partial charge in [0, 0.05) is 12.1 Å². The van der Waals surface area contributed by atoms with E-state index in [1.165, 1.54) is 0 Å². The minimum atomic E-state index is -0.290. The molecular formula is C13H15NO2. The van der Waals surface area contributed by atoms with Gasteiger partial charge < -0.3 is 9.84 Å². The largest absolute Gasteiger partial charge is 0.497 e. The summed E-state index contributed by atoms with van der Waals surface area (Å²) in [4.78, 5) is 4.46. The Hall–Kier alpha value is -1.61. The minimum absolute atomic E-state index is 0.290. The Balaban J connectivity index is 2.15. The first-order valence-corrected chi connectivity index (χ1v) is 5.34. The number of benzene rings is 1. The van der Waals surface area contributed by atoms with Gasteiger partial charge >= 0.3 is 0 Å². The third kappa shape index (κ3) is 2.70. The second kappa shape index (κ2) is 4.94. The zero-order chi connectivity index (χ0) is 11.4. The Morgan fingerprint density at radius 3 is 2.69 bits per heavy atom. The molecule has 0 aliphatic heterocycles. The van der Waals surface area contributed by atoms with Crippen molar-refractivity contribution < 1.29 is 9.84 Å². The number of aliphatic imine (C=N–C) groups is 1. The predicted molar refractivity (Wildman–Crippen MR) is 64.5 cm³/mol. The van der Waals surface area contributed by atoms with Gasteiger partial charge in [-0.3, -0.25) is 4.99 Å². The second-order valence-corrected chi connectivity index (χ2v) is 3.80. The van der Waals surface area contributed by atoms with E-state index in [0.717, 1.165) is 23.6 Å². The number of allylic oxidation sites excluding steroid dienone is 1. The normalized spacial score (nSPS) is 22.4. The predicted octanol–water partition coefficient (Wildman–Crippen LogP) is 2.48. The van der Waals surface area contributed by atoms with Gasteiger partial charge in [0.1, 0.15) is 5.75 Å². The maximum absolute atomic E-state index is 9.49. The molecule has 1 atom stereocenters. The number of rotatable bonds is 2. The molecule has 0 amide bonds. The van der Waals surface area contributed by atoms with Gasteiger partial charge in [0.2, 0.25) is 0 Å². The van der Waals surface area contributed by atoms with Crippen molar-refractivity contribution in [3.05, 3.63) is 36.4 Å². The molecule has 1 N–H and O–H groups in total. The summed E-state index contributed by atoms with van der Waals surface area (Å²) >= 11 is 0. The molecule has 0 saturated carbocycles. The molecule has 0 bridgehead atoms. The lowest BCUT2D eigenvalue weighted by Crippen LogP contribution is -2.14. The van der Waals surface area contributed by atoms with E-state index in [-0.39, 0.29) is 6.10 Å². The highest BCUT2D eigenvalue weighted by molar-refractivity contribution is 5.97. The van der Waals surface area contributed by atoms with Crippen molar-refractivity contribution in [2.45, 2.75) is 18.9 Å². The average molecular weight is 217 g/mol. The number of hydrogen-bond donors (Lipinski definition) is 1. The van der Waals surface area contributed by atoms with Crippen molar-refractivity contribution in [2.24, 2.45) is 4.99 Å². The Morgan fingerprint density at radius 1 is 1.31 bits per heavy atom. The van der Waals surface area contributed by atoms with E-state index < -0.39 is 0 Å². The minimum Gasteiger partial charge on any atom is -0.497 e. The van der Waals surface area contributed by atoms with Crippen LogP contribution in [-0.4, -0.2) is 24.0 Å². The Morgan fingerprint density at radius 2 is 2.06 bits per heavy atom. The summed E-state index contributed by atoms with van der Waals surface area (Å²) in [6, 6.07) is 7.56. The third-order valence-corrected chi connectivity index (χ3v) is 2.51. The molecule has 2 rings (SSSR count). The topological polar surface area (TPSA) is 41.8 Å². The van der Waals surface area contributed by atoms with Crippen LogP contribution in [0.15, 0.2) is 41.4 Å². The SMILES string of the molecule is COc1ccc(N=C2C=CCC(O)C2)cc1. The maximum Gasteiger partial charge on any atom is 0.119 e. The molecule has 16 heavy (non-hydrogen) atoms. The number of aliphatic hydroxyl groups excluding tert-OH is 1. The number of hydrogen-bond acceptors (Lipinski definition) is 3. The van der Waals surface area contributed by atoms with Crippen LogP contribution in [0, 0.1) is 0 Å². The van der Waals surface area contributed by atoms with E-state index >= 15 is 0 Å². The first-order valence-electron chi connectivity index (χ1n) is 5.34. The van der Waals surface area contributed by atoms with Gasteiger partial charge in [0.05, 0.1) is 18.9 Å². The van der Waals surface area contributed by atoms with Crippen LogP contribution >= 0.6 is 0 Å². The smallest absolute Gasteiger partial charge is 0.119 e. The standard InChI is InChI=1S/C13H15NO2/c1-16-13-7-5-10(6-8-13)14-11-3-2-4-12(15)9-11/h2-3,5-8,12,15H,4,9H2,1H3. The molecule has 1 aromatic carbocycles. The van der Waals surface area contributed by atoms with Gasteiger partial charge in [-0.1, -0.05) is 6.08 Å². The lowest BCUT2D eigenvalue weighted by molar-refractivity contribution is 0.184. The summed E-state index contributed by atoms with van der Waals surface area (Å²) in [6.45, 7) is 0. The third-order valence-electron chi connectivity index (χ3n) is 2.51. The monoisotopic (exact) mass is 217 g/mol. The van der Waals surface area contributed by atoms with Crippen molar-refractivity contribution in [1.29, 1.82) is 0 Å². The number of nitrogens with zero attached hydrogens (tertiary/aromatic N) is 1. The fourth-order valence-corrected chi connectivity index (χ4v) is 1.66. The van der Waals surface area contributed by atoms with Crippen molar-refractivity contribution in [1.82, 2.24) is 0 Å². The van der Waals surface area contributed by atoms with Gasteiger partial charge in [-0.25, -0.2) is 0 Å². The molecule has 0 saturated heterocycles. The molecule has 0 radical (unpaired) electrons. The zero-order valence-corrected chi connectivity index (χ0v) is 9.26. The summed E-state index contributed by atoms with van der Waals surface area (Å²) in [5.74, 6) is 0.822. The van der Waals surface area contributed by atoms with Crippen LogP contribution < -0.4 is 4.74 Å². The summed E-state index contributed by atoms with van der Waals surface area (Å²) in [5, 5.41) is 9.49. The molecule has 1 aliphatic rings. The van der Waals surface area contributed by atoms with Gasteiger partial charge in [0.15, 0.2) is 0 Å². The number of aliphatic hydroxyl groups is 1. The highest BCUT2D eigenvalue weighted by Crippen LogP contribution is 2.20. The van der Waals surface area contributed by atoms with E-state index in [0.29, 0.717) is 6.42 Å². The summed E-state index contributed by atoms with van der Waals surface area (Å²) in [5.41, 5.74) is 1.80. The fourth-order valence-electron chi connectivity index (χ4n) is 1.66. The molecular weight excluding hydrogens is 202 g/mol. The molecule has 1 aromatic rings. The van der Waals surface area contributed by atoms with E-state index in [2.05, 4.69) is 4.99 Å². The van der Waals surface area contributed by atoms with Crippen molar-refractivity contribution in [3.63, 3.8) is 0 Å². The van der Waals surface area contributed by atoms with Crippen LogP contribution in [0.5, 0.6) is 5.75 Å². The quantitative estimate of drug-likeness (QED) is 0.826. The average Bonchev–Trinajstić information content (AvgIpc) is 2.30. The van der Waals surface area contributed by atoms with E-state index in [1.807, 2.05) is 36.4 Å². The fraction of sp³-hybridized carbons (Fsp3) is 0.308. The molecule has 0 fully saturated rings. The molecule has 1 unspecified atom stereocenters. The van der Waals surface area contributed by atoms with Crippen LogP contribution in [0.4, 0.5) is 5.69 Å². The molecule has 0 aromatic heterocycles. The van der Waals surface area contributed by atoms with Crippen molar-refractivity contribution in [3.8, 4) is 5.75 Å². The van der Waals surface area contributed by atoms with E-state index in [4.69, 9.17) is 4.74 Å². The first kappa shape index (κ1) is 10.9. The number of ether oxygens (including phenoxy) is 1. The molecule has 0 spiro atoms. The van der Waals surface area contributed by atoms with Crippen LogP contribution in [-0.2, 0) is 0 Å². The second-order valence-electron chi connectivity index (χ2n) is 3.80. The van der Waals surface area contributed by atoms with Crippen molar-refractivity contribution in [2.75, 3.05) is 7.11 Å². The van der Waals surface area contributed by atoms with Gasteiger partial charge in [-0.2, -0.15) is 0 Å². The molecule has 3 heteroatoms. The van der Waals surface area contributed by atoms with Gasteiger partial charge in [-0.15, -0.1) is 0 Å². The Labute approximate surface area is 95.1 Å². The van der Waals surface area contributed by atoms with Crippen LogP contribution in [0.2, 0.25) is 0 Å². The highest BCUT2D eigenvalue weighted by atomic mass is 16.5. The molecule has 0 heterocycles. The summed E-state index contributed by atoms with van der Waals surface area (Å²) < 4.78 is 5.07. The first-order chi connectivity index (χ1) is 7.78. The Kier molecular flexibility index (Phi) is 3.37. The Bertz CT molecular complexity index is 406. The maximum atomic E-state index is 9.49. The van der Waals surface area contributed by atoms with Crippen LogP contribution in [0.3, 0.4) is 0 Å². The van der Waals surface area contributed by atoms with Gasteiger partial charge in [-0.05, 0) is 36.8 Å². The lowest BCUT2D eigenvalue weighted by Gasteiger charge is -2.12. The van der Waals surface area contributed by atoms with Crippen molar-refractivity contribution >= 4 is 11.4 Å². The van der Waals surface area contributed by atoms with E-state index in [1.54, 1.807) is 7.11 Å². The zero-order valence-electron chi connectivity index (χ0n) is 9.26. The lowest BCUT2D eigenvalue weighted by atomic mass is 10.0. The number of methoxy groups -OCH3 is 1. The van der Waals surface area contributed by atoms with Crippen LogP contribution in [0.25, 0.3) is 0 Å².